The Labute approximate surface area is 664 Å². The smallest absolute Gasteiger partial charge is 0.462 e. The number of phosphoric ester groups is 2. The van der Waals surface area contributed by atoms with Gasteiger partial charge in [0.2, 0.25) is 0 Å². The van der Waals surface area contributed by atoms with E-state index in [-0.39, 0.29) is 25.7 Å². The molecule has 642 valence electrons. The number of phosphoric acid groups is 2. The lowest BCUT2D eigenvalue weighted by Gasteiger charge is -2.21. The molecule has 0 radical (unpaired) electrons. The van der Waals surface area contributed by atoms with Gasteiger partial charge in [-0.15, -0.1) is 0 Å². The summed E-state index contributed by atoms with van der Waals surface area (Å²) < 4.78 is 69.0. The van der Waals surface area contributed by atoms with Crippen LogP contribution < -0.4 is 0 Å². The molecule has 2 unspecified atom stereocenters. The van der Waals surface area contributed by atoms with Gasteiger partial charge < -0.3 is 33.8 Å². The van der Waals surface area contributed by atoms with Crippen LogP contribution in [-0.2, 0) is 65.4 Å². The molecule has 108 heavy (non-hydrogen) atoms. The van der Waals surface area contributed by atoms with Crippen molar-refractivity contribution in [2.24, 2.45) is 17.8 Å². The first-order valence-corrected chi connectivity index (χ1v) is 48.8. The summed E-state index contributed by atoms with van der Waals surface area (Å²) in [4.78, 5) is 73.3. The number of hydrogen-bond acceptors (Lipinski definition) is 15. The van der Waals surface area contributed by atoms with E-state index in [0.717, 1.165) is 108 Å². The van der Waals surface area contributed by atoms with Crippen LogP contribution >= 0.6 is 15.6 Å². The van der Waals surface area contributed by atoms with Gasteiger partial charge in [0.25, 0.3) is 0 Å². The average Bonchev–Trinajstić information content (AvgIpc) is 0.899. The van der Waals surface area contributed by atoms with E-state index in [9.17, 15) is 43.2 Å². The fraction of sp³-hybridized carbons (Fsp3) is 0.955. The summed E-state index contributed by atoms with van der Waals surface area (Å²) in [5, 5.41) is 10.7. The third-order valence-corrected chi connectivity index (χ3v) is 22.8. The largest absolute Gasteiger partial charge is 0.472 e. The molecule has 0 aliphatic rings. The lowest BCUT2D eigenvalue weighted by molar-refractivity contribution is -0.161. The molecular formula is C89H174O17P2. The second-order valence-electron chi connectivity index (χ2n) is 33.4. The van der Waals surface area contributed by atoms with Gasteiger partial charge >= 0.3 is 39.5 Å². The predicted molar refractivity (Wildman–Crippen MR) is 446 cm³/mol. The topological polar surface area (TPSA) is 237 Å². The van der Waals surface area contributed by atoms with Gasteiger partial charge in [-0.1, -0.05) is 421 Å². The first-order valence-electron chi connectivity index (χ1n) is 45.8. The Hall–Kier alpha value is -1.94. The van der Waals surface area contributed by atoms with E-state index in [2.05, 4.69) is 48.5 Å². The lowest BCUT2D eigenvalue weighted by Crippen LogP contribution is -2.30. The maximum absolute atomic E-state index is 13.2. The number of rotatable bonds is 87. The van der Waals surface area contributed by atoms with Gasteiger partial charge in [-0.3, -0.25) is 37.3 Å². The minimum atomic E-state index is -4.97. The Balaban J connectivity index is 5.23. The number of aliphatic hydroxyl groups excluding tert-OH is 1. The summed E-state index contributed by atoms with van der Waals surface area (Å²) in [6.07, 6.45) is 71.0. The third-order valence-electron chi connectivity index (χ3n) is 20.9. The van der Waals surface area contributed by atoms with Crippen LogP contribution in [-0.4, -0.2) is 96.7 Å². The molecule has 0 amide bonds. The Morgan fingerprint density at radius 1 is 0.250 bits per heavy atom. The zero-order valence-electron chi connectivity index (χ0n) is 71.3. The first kappa shape index (κ1) is 106. The number of hydrogen-bond donors (Lipinski definition) is 3. The van der Waals surface area contributed by atoms with Crippen LogP contribution in [0.1, 0.15) is 472 Å². The Kier molecular flexibility index (Phi) is 77.5. The van der Waals surface area contributed by atoms with E-state index >= 15 is 0 Å². The summed E-state index contributed by atoms with van der Waals surface area (Å²) in [7, 11) is -9.93. The van der Waals surface area contributed by atoms with Crippen molar-refractivity contribution < 1.29 is 80.2 Å². The molecule has 0 aromatic rings. The van der Waals surface area contributed by atoms with Gasteiger partial charge in [-0.05, 0) is 43.4 Å². The fourth-order valence-electron chi connectivity index (χ4n) is 13.9. The van der Waals surface area contributed by atoms with Crippen molar-refractivity contribution >= 4 is 39.5 Å². The zero-order chi connectivity index (χ0) is 79.3. The summed E-state index contributed by atoms with van der Waals surface area (Å²) in [5.41, 5.74) is 0. The van der Waals surface area contributed by atoms with E-state index in [1.165, 1.54) is 283 Å². The van der Waals surface area contributed by atoms with Gasteiger partial charge in [0.15, 0.2) is 12.2 Å². The molecule has 5 atom stereocenters. The van der Waals surface area contributed by atoms with Crippen LogP contribution in [0.2, 0.25) is 0 Å². The number of esters is 4. The van der Waals surface area contributed by atoms with E-state index < -0.39 is 97.5 Å². The van der Waals surface area contributed by atoms with Gasteiger partial charge in [-0.25, -0.2) is 9.13 Å². The fourth-order valence-corrected chi connectivity index (χ4v) is 15.5. The number of carbonyl (C=O) groups is 4. The molecule has 0 spiro atoms. The predicted octanol–water partition coefficient (Wildman–Crippen LogP) is 27.3. The minimum Gasteiger partial charge on any atom is -0.462 e. The molecule has 17 nitrogen and oxygen atoms in total. The van der Waals surface area contributed by atoms with Crippen molar-refractivity contribution in [2.45, 2.75) is 491 Å². The van der Waals surface area contributed by atoms with Crippen molar-refractivity contribution in [3.63, 3.8) is 0 Å². The molecule has 0 aromatic heterocycles. The average molecular weight is 1580 g/mol. The monoisotopic (exact) mass is 1580 g/mol. The molecule has 19 heteroatoms. The Morgan fingerprint density at radius 3 is 0.630 bits per heavy atom. The van der Waals surface area contributed by atoms with Crippen LogP contribution in [0.5, 0.6) is 0 Å². The van der Waals surface area contributed by atoms with Gasteiger partial charge in [0.1, 0.15) is 19.3 Å². The Morgan fingerprint density at radius 2 is 0.426 bits per heavy atom. The number of ether oxygens (including phenoxy) is 4. The highest BCUT2D eigenvalue weighted by Crippen LogP contribution is 2.45. The quantitative estimate of drug-likeness (QED) is 0.0222. The maximum atomic E-state index is 13.2. The zero-order valence-corrected chi connectivity index (χ0v) is 73.1. The van der Waals surface area contributed by atoms with E-state index in [1.807, 2.05) is 0 Å². The minimum absolute atomic E-state index is 0.106. The van der Waals surface area contributed by atoms with Crippen molar-refractivity contribution in [1.29, 1.82) is 0 Å². The highest BCUT2D eigenvalue weighted by molar-refractivity contribution is 7.47. The van der Waals surface area contributed by atoms with E-state index in [0.29, 0.717) is 25.7 Å². The highest BCUT2D eigenvalue weighted by atomic mass is 31.2. The Bertz CT molecular complexity index is 2080. The molecule has 0 heterocycles. The normalized spacial score (nSPS) is 13.8. The summed E-state index contributed by atoms with van der Waals surface area (Å²) in [5.74, 6) is 0.227. The van der Waals surface area contributed by atoms with Crippen LogP contribution in [0.25, 0.3) is 0 Å². The van der Waals surface area contributed by atoms with Crippen LogP contribution in [0.4, 0.5) is 0 Å². The second-order valence-corrected chi connectivity index (χ2v) is 36.3. The second kappa shape index (κ2) is 78.9. The lowest BCUT2D eigenvalue weighted by atomic mass is 10.0. The van der Waals surface area contributed by atoms with Gasteiger partial charge in [-0.2, -0.15) is 0 Å². The van der Waals surface area contributed by atoms with Crippen molar-refractivity contribution in [3.8, 4) is 0 Å². The molecular weight excluding hydrogens is 1400 g/mol. The van der Waals surface area contributed by atoms with Crippen LogP contribution in [0.3, 0.4) is 0 Å². The van der Waals surface area contributed by atoms with Gasteiger partial charge in [0, 0.05) is 25.7 Å². The molecule has 0 aliphatic carbocycles. The molecule has 0 saturated carbocycles. The molecule has 0 saturated heterocycles. The molecule has 0 rings (SSSR count). The van der Waals surface area contributed by atoms with E-state index in [4.69, 9.17) is 37.0 Å². The third kappa shape index (κ3) is 82.1. The van der Waals surface area contributed by atoms with Crippen molar-refractivity contribution in [1.82, 2.24) is 0 Å². The molecule has 3 N–H and O–H groups in total. The van der Waals surface area contributed by atoms with Gasteiger partial charge in [0.05, 0.1) is 26.4 Å². The summed E-state index contributed by atoms with van der Waals surface area (Å²) in [6.45, 7) is 12.0. The van der Waals surface area contributed by atoms with Crippen LogP contribution in [0.15, 0.2) is 0 Å². The maximum Gasteiger partial charge on any atom is 0.472 e. The highest BCUT2D eigenvalue weighted by Gasteiger charge is 2.31. The number of aliphatic hydroxyl groups is 1. The molecule has 0 aromatic carbocycles. The summed E-state index contributed by atoms with van der Waals surface area (Å²) >= 11 is 0. The number of carbonyl (C=O) groups excluding carboxylic acids is 4. The van der Waals surface area contributed by atoms with E-state index in [1.54, 1.807) is 0 Å². The van der Waals surface area contributed by atoms with Crippen molar-refractivity contribution in [3.05, 3.63) is 0 Å². The first-order chi connectivity index (χ1) is 52.2. The van der Waals surface area contributed by atoms with Crippen molar-refractivity contribution in [2.75, 3.05) is 39.6 Å². The molecule has 0 bridgehead atoms. The number of unbranched alkanes of at least 4 members (excludes halogenated alkanes) is 55. The SMILES string of the molecule is CCCCCCCCCCCCCCCCCCCCCCCC(=O)OC[C@H](COP(=O)(O)OC[C@@H](O)COP(=O)(O)OC[C@@H](COC(=O)CCCCCCCCCCCC(C)C)OC(=O)CCCCCCCCCCCCCC(C)C)OC(=O)CCCCCCCCCCCCCCCCCCCCC(C)C. The summed E-state index contributed by atoms with van der Waals surface area (Å²) in [6, 6.07) is 0. The molecule has 0 aliphatic heterocycles. The van der Waals surface area contributed by atoms with Crippen LogP contribution in [0, 0.1) is 17.8 Å². The standard InChI is InChI=1S/C89H174O17P2/c1-8-9-10-11-12-13-14-15-16-17-18-19-20-24-27-30-35-42-49-56-63-70-86(91)99-76-84(105-88(93)72-65-58-51-43-36-31-28-25-22-21-23-26-29-33-39-46-53-60-67-80(2)3)78-103-107(95,96)101-74-83(90)75-102-108(97,98)104-79-85(77-100-87(92)71-64-57-50-45-38-41-48-55-62-69-82(6)7)106-89(94)73-66-59-52-44-37-32-34-40-47-54-61-68-81(4)5/h80-85,90H,8-79H2,1-7H3,(H,95,96)(H,97,98)/t83-,84-,85-/m1/s1. The molecule has 0 fully saturated rings.